The number of aromatic nitrogens is 2. The molecule has 0 atom stereocenters. The molecule has 0 radical (unpaired) electrons. The van der Waals surface area contributed by atoms with E-state index in [0.717, 1.165) is 64.3 Å². The molecule has 1 saturated heterocycles. The van der Waals surface area contributed by atoms with Gasteiger partial charge in [0.1, 0.15) is 18.1 Å². The standard InChI is InChI=1S/C27H40N4O2/c1-22(2)20-30-18-19-33-25-10-5-4-8-23(25)9-6-7-12-27(21-30)13-16-31(17-14-27)26(32)24-11-15-28-29(24)3/h4-5,8,10-11,15,22H,6-7,9,12-14,16-21H2,1-3H3. The lowest BCUT2D eigenvalue weighted by atomic mass is 9.73. The van der Waals surface area contributed by atoms with Gasteiger partial charge < -0.3 is 9.64 Å². The Morgan fingerprint density at radius 3 is 2.61 bits per heavy atom. The Morgan fingerprint density at radius 2 is 1.88 bits per heavy atom. The summed E-state index contributed by atoms with van der Waals surface area (Å²) in [5.41, 5.74) is 2.29. The first-order valence-corrected chi connectivity index (χ1v) is 12.7. The lowest BCUT2D eigenvalue weighted by Gasteiger charge is -2.45. The van der Waals surface area contributed by atoms with Crippen LogP contribution in [0.2, 0.25) is 0 Å². The summed E-state index contributed by atoms with van der Waals surface area (Å²) in [7, 11) is 1.84. The van der Waals surface area contributed by atoms with E-state index in [1.807, 2.05) is 18.0 Å². The Hall–Kier alpha value is -2.34. The highest BCUT2D eigenvalue weighted by Gasteiger charge is 2.37. The van der Waals surface area contributed by atoms with E-state index in [1.165, 1.54) is 24.8 Å². The van der Waals surface area contributed by atoms with Gasteiger partial charge in [-0.25, -0.2) is 0 Å². The second-order valence-corrected chi connectivity index (χ2v) is 10.4. The molecule has 3 heterocycles. The van der Waals surface area contributed by atoms with Gasteiger partial charge in [0.05, 0.1) is 0 Å². The second-order valence-electron chi connectivity index (χ2n) is 10.4. The van der Waals surface area contributed by atoms with Gasteiger partial charge >= 0.3 is 0 Å². The monoisotopic (exact) mass is 452 g/mol. The molecule has 0 unspecified atom stereocenters. The van der Waals surface area contributed by atoms with Gasteiger partial charge in [0.2, 0.25) is 0 Å². The summed E-state index contributed by atoms with van der Waals surface area (Å²) in [6, 6.07) is 10.3. The molecule has 1 fully saturated rings. The third kappa shape index (κ3) is 5.97. The molecule has 6 heteroatoms. The van der Waals surface area contributed by atoms with Crippen LogP contribution in [-0.4, -0.2) is 64.8 Å². The number of fused-ring (bicyclic) bond motifs is 1. The molecule has 180 valence electrons. The van der Waals surface area contributed by atoms with Crippen molar-refractivity contribution in [3.05, 3.63) is 47.8 Å². The van der Waals surface area contributed by atoms with E-state index in [0.29, 0.717) is 11.6 Å². The van der Waals surface area contributed by atoms with Crippen molar-refractivity contribution >= 4 is 5.91 Å². The van der Waals surface area contributed by atoms with Gasteiger partial charge in [-0.2, -0.15) is 5.10 Å². The molecule has 2 aliphatic rings. The number of amides is 1. The number of nitrogens with zero attached hydrogens (tertiary/aromatic N) is 4. The fraction of sp³-hybridized carbons (Fsp3) is 0.630. The van der Waals surface area contributed by atoms with Crippen molar-refractivity contribution in [2.75, 3.05) is 39.3 Å². The van der Waals surface area contributed by atoms with Crippen molar-refractivity contribution in [3.63, 3.8) is 0 Å². The maximum atomic E-state index is 13.0. The topological polar surface area (TPSA) is 50.6 Å². The normalized spacial score (nSPS) is 20.1. The summed E-state index contributed by atoms with van der Waals surface area (Å²) in [4.78, 5) is 17.7. The summed E-state index contributed by atoms with van der Waals surface area (Å²) in [6.07, 6.45) is 8.57. The van der Waals surface area contributed by atoms with E-state index in [9.17, 15) is 4.79 Å². The lowest BCUT2D eigenvalue weighted by Crippen LogP contribution is -2.49. The number of piperidine rings is 1. The average molecular weight is 453 g/mol. The number of benzene rings is 1. The minimum atomic E-state index is 0.113. The molecule has 0 saturated carbocycles. The first kappa shape index (κ1) is 23.8. The van der Waals surface area contributed by atoms with Gasteiger partial charge in [-0.05, 0) is 61.1 Å². The van der Waals surface area contributed by atoms with E-state index in [-0.39, 0.29) is 11.3 Å². The van der Waals surface area contributed by atoms with Crippen LogP contribution in [0, 0.1) is 11.3 Å². The van der Waals surface area contributed by atoms with E-state index in [1.54, 1.807) is 10.9 Å². The van der Waals surface area contributed by atoms with Crippen molar-refractivity contribution in [3.8, 4) is 5.75 Å². The molecule has 0 bridgehead atoms. The molecular formula is C27H40N4O2. The van der Waals surface area contributed by atoms with Crippen LogP contribution < -0.4 is 4.74 Å². The summed E-state index contributed by atoms with van der Waals surface area (Å²) in [5, 5.41) is 4.18. The summed E-state index contributed by atoms with van der Waals surface area (Å²) in [6.45, 7) is 10.1. The Balaban J connectivity index is 1.47. The Kier molecular flexibility index (Phi) is 7.74. The Morgan fingerprint density at radius 1 is 1.09 bits per heavy atom. The maximum Gasteiger partial charge on any atom is 0.272 e. The molecule has 4 rings (SSSR count). The number of hydrogen-bond donors (Lipinski definition) is 0. The third-order valence-electron chi connectivity index (χ3n) is 7.37. The molecule has 2 aliphatic heterocycles. The first-order chi connectivity index (χ1) is 16.0. The molecule has 6 nitrogen and oxygen atoms in total. The number of aryl methyl sites for hydroxylation is 2. The van der Waals surface area contributed by atoms with Crippen molar-refractivity contribution in [1.82, 2.24) is 19.6 Å². The molecule has 1 spiro atoms. The third-order valence-corrected chi connectivity index (χ3v) is 7.37. The van der Waals surface area contributed by atoms with Gasteiger partial charge in [0.25, 0.3) is 5.91 Å². The van der Waals surface area contributed by atoms with Crippen molar-refractivity contribution in [1.29, 1.82) is 0 Å². The average Bonchev–Trinajstić information content (AvgIpc) is 3.22. The van der Waals surface area contributed by atoms with Gasteiger partial charge in [-0.1, -0.05) is 38.5 Å². The highest BCUT2D eigenvalue weighted by atomic mass is 16.5. The van der Waals surface area contributed by atoms with Crippen LogP contribution in [0.3, 0.4) is 0 Å². The number of carbonyl (C=O) groups excluding carboxylic acids is 1. The zero-order chi connectivity index (χ0) is 23.3. The first-order valence-electron chi connectivity index (χ1n) is 12.7. The predicted octanol–water partition coefficient (Wildman–Crippen LogP) is 4.41. The minimum absolute atomic E-state index is 0.113. The van der Waals surface area contributed by atoms with Crippen LogP contribution in [0.25, 0.3) is 0 Å². The minimum Gasteiger partial charge on any atom is -0.492 e. The van der Waals surface area contributed by atoms with E-state index >= 15 is 0 Å². The number of para-hydroxylation sites is 1. The van der Waals surface area contributed by atoms with Gasteiger partial charge in [0.15, 0.2) is 0 Å². The van der Waals surface area contributed by atoms with Crippen molar-refractivity contribution < 1.29 is 9.53 Å². The van der Waals surface area contributed by atoms with Crippen LogP contribution in [-0.2, 0) is 13.5 Å². The fourth-order valence-corrected chi connectivity index (χ4v) is 5.59. The van der Waals surface area contributed by atoms with E-state index < -0.39 is 0 Å². The predicted molar refractivity (Wildman–Crippen MR) is 132 cm³/mol. The van der Waals surface area contributed by atoms with Crippen LogP contribution in [0.4, 0.5) is 0 Å². The van der Waals surface area contributed by atoms with Crippen LogP contribution >= 0.6 is 0 Å². The molecule has 0 aliphatic carbocycles. The van der Waals surface area contributed by atoms with Crippen LogP contribution in [0.15, 0.2) is 36.5 Å². The molecular weight excluding hydrogens is 412 g/mol. The van der Waals surface area contributed by atoms with Gasteiger partial charge in [0, 0.05) is 46.0 Å². The molecule has 33 heavy (non-hydrogen) atoms. The molecule has 1 aromatic heterocycles. The highest BCUT2D eigenvalue weighted by Crippen LogP contribution is 2.39. The van der Waals surface area contributed by atoms with E-state index in [2.05, 4.69) is 48.1 Å². The zero-order valence-corrected chi connectivity index (χ0v) is 20.6. The number of likely N-dealkylation sites (tertiary alicyclic amines) is 1. The smallest absolute Gasteiger partial charge is 0.272 e. The summed E-state index contributed by atoms with van der Waals surface area (Å²) in [5.74, 6) is 1.79. The number of carbonyl (C=O) groups is 1. The number of ether oxygens (including phenoxy) is 1. The SMILES string of the molecule is CC(C)CN1CCOc2ccccc2CCCCC2(CCN(C(=O)c3ccnn3C)CC2)C1. The number of rotatable bonds is 3. The molecule has 1 amide bonds. The highest BCUT2D eigenvalue weighted by molar-refractivity contribution is 5.92. The van der Waals surface area contributed by atoms with Gasteiger partial charge in [-0.3, -0.25) is 14.4 Å². The molecule has 2 aromatic rings. The molecule has 0 N–H and O–H groups in total. The molecule has 1 aromatic carbocycles. The Bertz CT molecular complexity index is 914. The Labute approximate surface area is 198 Å². The van der Waals surface area contributed by atoms with Crippen LogP contribution in [0.1, 0.15) is 62.0 Å². The van der Waals surface area contributed by atoms with Crippen LogP contribution in [0.5, 0.6) is 5.75 Å². The van der Waals surface area contributed by atoms with E-state index in [4.69, 9.17) is 4.74 Å². The quantitative estimate of drug-likeness (QED) is 0.692. The van der Waals surface area contributed by atoms with Crippen molar-refractivity contribution in [2.45, 2.75) is 52.4 Å². The van der Waals surface area contributed by atoms with Crippen molar-refractivity contribution in [2.24, 2.45) is 18.4 Å². The lowest BCUT2D eigenvalue weighted by molar-refractivity contribution is 0.0349. The zero-order valence-electron chi connectivity index (χ0n) is 20.6. The second kappa shape index (κ2) is 10.7. The fourth-order valence-electron chi connectivity index (χ4n) is 5.59. The summed E-state index contributed by atoms with van der Waals surface area (Å²) < 4.78 is 7.93. The maximum absolute atomic E-state index is 13.0. The number of hydrogen-bond acceptors (Lipinski definition) is 4. The summed E-state index contributed by atoms with van der Waals surface area (Å²) >= 11 is 0. The largest absolute Gasteiger partial charge is 0.492 e. The van der Waals surface area contributed by atoms with Gasteiger partial charge in [-0.15, -0.1) is 0 Å².